The van der Waals surface area contributed by atoms with Crippen molar-refractivity contribution in [2.75, 3.05) is 26.7 Å². The number of carbonyl (C=O) groups excluding carboxylic acids is 2. The molecule has 6 nitrogen and oxygen atoms in total. The second-order valence-corrected chi connectivity index (χ2v) is 4.14. The molecule has 1 rings (SSSR count). The molecule has 110 valence electrons. The van der Waals surface area contributed by atoms with Crippen molar-refractivity contribution in [3.8, 4) is 11.5 Å². The lowest BCUT2D eigenvalue weighted by Gasteiger charge is -2.18. The Morgan fingerprint density at radius 2 is 1.95 bits per heavy atom. The summed E-state index contributed by atoms with van der Waals surface area (Å²) in [6, 6.07) is 4.32. The number of nitrogens with one attached hydrogen (secondary N) is 1. The van der Waals surface area contributed by atoms with Crippen molar-refractivity contribution in [3.05, 3.63) is 23.8 Å². The summed E-state index contributed by atoms with van der Waals surface area (Å²) in [4.78, 5) is 25.2. The number of rotatable bonds is 6. The Balaban J connectivity index is 2.63. The molecule has 0 radical (unpaired) electrons. The van der Waals surface area contributed by atoms with E-state index >= 15 is 0 Å². The Kier molecular flexibility index (Phi) is 5.83. The smallest absolute Gasteiger partial charge is 0.251 e. The maximum atomic E-state index is 11.9. The van der Waals surface area contributed by atoms with E-state index in [4.69, 9.17) is 4.74 Å². The van der Waals surface area contributed by atoms with Crippen LogP contribution in [0.5, 0.6) is 11.5 Å². The predicted octanol–water partition coefficient (Wildman–Crippen LogP) is 0.999. The predicted molar refractivity (Wildman–Crippen MR) is 74.9 cm³/mol. The van der Waals surface area contributed by atoms with Gasteiger partial charge < -0.3 is 20.1 Å². The summed E-state index contributed by atoms with van der Waals surface area (Å²) >= 11 is 0. The van der Waals surface area contributed by atoms with Crippen molar-refractivity contribution in [1.29, 1.82) is 0 Å². The van der Waals surface area contributed by atoms with Crippen molar-refractivity contribution < 1.29 is 19.4 Å². The fourth-order valence-corrected chi connectivity index (χ4v) is 1.78. The fraction of sp³-hybridized carbons (Fsp3) is 0.429. The minimum atomic E-state index is -0.413. The number of nitrogens with zero attached hydrogens (tertiary/aromatic N) is 1. The van der Waals surface area contributed by atoms with Crippen molar-refractivity contribution in [3.63, 3.8) is 0 Å². The summed E-state index contributed by atoms with van der Waals surface area (Å²) in [5, 5.41) is 12.1. The van der Waals surface area contributed by atoms with Crippen molar-refractivity contribution in [2.45, 2.75) is 13.8 Å². The molecule has 6 heteroatoms. The van der Waals surface area contributed by atoms with Crippen LogP contribution in [0.3, 0.4) is 0 Å². The number of methoxy groups -OCH3 is 1. The Bertz CT molecular complexity index is 484. The number of aromatic hydroxyl groups is 1. The maximum absolute atomic E-state index is 11.9. The summed E-state index contributed by atoms with van der Waals surface area (Å²) in [6.07, 6.45) is 0. The second kappa shape index (κ2) is 7.37. The number of carbonyl (C=O) groups is 2. The lowest BCUT2D eigenvalue weighted by atomic mass is 10.2. The SMILES string of the molecule is CCN(CC)C(=O)CNC(=O)c1ccc(OC)c(O)c1. The molecule has 20 heavy (non-hydrogen) atoms. The molecule has 0 bridgehead atoms. The van der Waals surface area contributed by atoms with Crippen molar-refractivity contribution in [1.82, 2.24) is 10.2 Å². The Hall–Kier alpha value is -2.24. The molecule has 0 saturated carbocycles. The van der Waals surface area contributed by atoms with Crippen LogP contribution in [0.2, 0.25) is 0 Å². The average molecular weight is 280 g/mol. The average Bonchev–Trinajstić information content (AvgIpc) is 2.45. The van der Waals surface area contributed by atoms with Crippen LogP contribution in [-0.4, -0.2) is 48.6 Å². The molecule has 0 aromatic heterocycles. The molecule has 2 amide bonds. The van der Waals surface area contributed by atoms with E-state index in [9.17, 15) is 14.7 Å². The van der Waals surface area contributed by atoms with Gasteiger partial charge in [-0.3, -0.25) is 9.59 Å². The molecule has 0 fully saturated rings. The third-order valence-corrected chi connectivity index (χ3v) is 2.96. The van der Waals surface area contributed by atoms with Gasteiger partial charge in [0.25, 0.3) is 5.91 Å². The van der Waals surface area contributed by atoms with Crippen molar-refractivity contribution >= 4 is 11.8 Å². The summed E-state index contributed by atoms with van der Waals surface area (Å²) in [7, 11) is 1.43. The minimum Gasteiger partial charge on any atom is -0.504 e. The number of phenols is 1. The lowest BCUT2D eigenvalue weighted by Crippen LogP contribution is -2.39. The molecule has 2 N–H and O–H groups in total. The monoisotopic (exact) mass is 280 g/mol. The highest BCUT2D eigenvalue weighted by Gasteiger charge is 2.13. The topological polar surface area (TPSA) is 78.9 Å². The molecule has 0 atom stereocenters. The fourth-order valence-electron chi connectivity index (χ4n) is 1.78. The van der Waals surface area contributed by atoms with Crippen molar-refractivity contribution in [2.24, 2.45) is 0 Å². The number of hydrogen-bond donors (Lipinski definition) is 2. The molecule has 0 aliphatic carbocycles. The molecule has 0 unspecified atom stereocenters. The molecule has 0 spiro atoms. The zero-order chi connectivity index (χ0) is 15.1. The Labute approximate surface area is 118 Å². The molecule has 0 aliphatic rings. The normalized spacial score (nSPS) is 9.95. The van der Waals surface area contributed by atoms with Crippen LogP contribution in [0.25, 0.3) is 0 Å². The second-order valence-electron chi connectivity index (χ2n) is 4.14. The van der Waals surface area contributed by atoms with E-state index in [0.717, 1.165) is 0 Å². The van der Waals surface area contributed by atoms with Gasteiger partial charge in [0.2, 0.25) is 5.91 Å². The highest BCUT2D eigenvalue weighted by atomic mass is 16.5. The van der Waals surface area contributed by atoms with E-state index in [0.29, 0.717) is 18.8 Å². The van der Waals surface area contributed by atoms with Crippen LogP contribution in [0, 0.1) is 0 Å². The number of likely N-dealkylation sites (N-methyl/N-ethyl adjacent to an activating group) is 1. The molecule has 1 aromatic rings. The van der Waals surface area contributed by atoms with E-state index in [1.165, 1.54) is 25.3 Å². The standard InChI is InChI=1S/C14H20N2O4/c1-4-16(5-2)13(18)9-15-14(19)10-6-7-12(20-3)11(17)8-10/h6-8,17H,4-5,9H2,1-3H3,(H,15,19). The highest BCUT2D eigenvalue weighted by molar-refractivity contribution is 5.97. The first-order chi connectivity index (χ1) is 9.53. The lowest BCUT2D eigenvalue weighted by molar-refractivity contribution is -0.129. The van der Waals surface area contributed by atoms with E-state index in [-0.39, 0.29) is 23.8 Å². The van der Waals surface area contributed by atoms with Crippen LogP contribution in [0.1, 0.15) is 24.2 Å². The first-order valence-electron chi connectivity index (χ1n) is 6.46. The van der Waals surface area contributed by atoms with Gasteiger partial charge in [-0.2, -0.15) is 0 Å². The van der Waals surface area contributed by atoms with Crippen LogP contribution in [-0.2, 0) is 4.79 Å². The van der Waals surface area contributed by atoms with Crippen LogP contribution < -0.4 is 10.1 Å². The van der Waals surface area contributed by atoms with E-state index < -0.39 is 5.91 Å². The third-order valence-electron chi connectivity index (χ3n) is 2.96. The molecular weight excluding hydrogens is 260 g/mol. The van der Waals surface area contributed by atoms with E-state index in [2.05, 4.69) is 5.32 Å². The Morgan fingerprint density at radius 3 is 2.45 bits per heavy atom. The van der Waals surface area contributed by atoms with Gasteiger partial charge in [-0.05, 0) is 32.0 Å². The van der Waals surface area contributed by atoms with Gasteiger partial charge in [0.15, 0.2) is 11.5 Å². The summed E-state index contributed by atoms with van der Waals surface area (Å²) in [6.45, 7) is 4.91. The molecule has 0 aliphatic heterocycles. The first-order valence-corrected chi connectivity index (χ1v) is 6.46. The molecule has 0 saturated heterocycles. The number of ether oxygens (including phenoxy) is 1. The van der Waals surface area contributed by atoms with Gasteiger partial charge in [0.05, 0.1) is 13.7 Å². The van der Waals surface area contributed by atoms with Gasteiger partial charge >= 0.3 is 0 Å². The quantitative estimate of drug-likeness (QED) is 0.814. The number of amides is 2. The van der Waals surface area contributed by atoms with Crippen LogP contribution in [0.4, 0.5) is 0 Å². The molecule has 0 heterocycles. The number of phenolic OH excluding ortho intramolecular Hbond substituents is 1. The summed E-state index contributed by atoms with van der Waals surface area (Å²) < 4.78 is 4.90. The Morgan fingerprint density at radius 1 is 1.30 bits per heavy atom. The summed E-state index contributed by atoms with van der Waals surface area (Å²) in [5.74, 6) is -0.375. The van der Waals surface area contributed by atoms with Gasteiger partial charge in [-0.1, -0.05) is 0 Å². The molecule has 1 aromatic carbocycles. The van der Waals surface area contributed by atoms with Gasteiger partial charge in [0.1, 0.15) is 0 Å². The molecular formula is C14H20N2O4. The zero-order valence-electron chi connectivity index (χ0n) is 12.0. The third kappa shape index (κ3) is 3.88. The van der Waals surface area contributed by atoms with Gasteiger partial charge in [0, 0.05) is 18.7 Å². The summed E-state index contributed by atoms with van der Waals surface area (Å²) in [5.41, 5.74) is 0.274. The minimum absolute atomic E-state index is 0.0622. The number of hydrogen-bond acceptors (Lipinski definition) is 4. The highest BCUT2D eigenvalue weighted by Crippen LogP contribution is 2.25. The van der Waals surface area contributed by atoms with Gasteiger partial charge in [-0.15, -0.1) is 0 Å². The van der Waals surface area contributed by atoms with E-state index in [1.54, 1.807) is 4.90 Å². The maximum Gasteiger partial charge on any atom is 0.251 e. The van der Waals surface area contributed by atoms with E-state index in [1.807, 2.05) is 13.8 Å². The zero-order valence-corrected chi connectivity index (χ0v) is 12.0. The van der Waals surface area contributed by atoms with Crippen LogP contribution in [0.15, 0.2) is 18.2 Å². The van der Waals surface area contributed by atoms with Crippen LogP contribution >= 0.6 is 0 Å². The first kappa shape index (κ1) is 15.8. The largest absolute Gasteiger partial charge is 0.504 e. The number of benzene rings is 1. The van der Waals surface area contributed by atoms with Gasteiger partial charge in [-0.25, -0.2) is 0 Å².